The molecule has 11 heteroatoms. The van der Waals surface area contributed by atoms with Gasteiger partial charge in [0.05, 0.1) is 0 Å². The van der Waals surface area contributed by atoms with Crippen LogP contribution in [0.4, 0.5) is 0 Å². The molecule has 0 fully saturated rings. The summed E-state index contributed by atoms with van der Waals surface area (Å²) in [6, 6.07) is 4.09. The van der Waals surface area contributed by atoms with Crippen LogP contribution in [0.3, 0.4) is 0 Å². The van der Waals surface area contributed by atoms with E-state index in [0.29, 0.717) is 0 Å². The molecule has 0 aromatic carbocycles. The molecule has 0 unspecified atom stereocenters. The molecule has 0 bridgehead atoms. The van der Waals surface area contributed by atoms with Gasteiger partial charge in [-0.25, -0.2) is 10.0 Å². The molecule has 1 aromatic rings. The van der Waals surface area contributed by atoms with Gasteiger partial charge in [0.1, 0.15) is 0 Å². The van der Waals surface area contributed by atoms with Crippen LogP contribution in [0.15, 0.2) is 22.8 Å². The Bertz CT molecular complexity index is 416. The second-order valence-electron chi connectivity index (χ2n) is 5.41. The van der Waals surface area contributed by atoms with Crippen molar-refractivity contribution in [2.75, 3.05) is 46.2 Å². The van der Waals surface area contributed by atoms with E-state index in [0.717, 1.165) is 36.1 Å². The average Bonchev–Trinajstić information content (AvgIpc) is 2.69. The number of unbranched alkanes of at least 4 members (excludes halogenated alkanes) is 1. The normalized spacial score (nSPS) is 9.93. The van der Waals surface area contributed by atoms with E-state index in [1.165, 1.54) is 12.8 Å². The Morgan fingerprint density at radius 2 is 1.46 bits per heavy atom. The van der Waals surface area contributed by atoms with E-state index in [9.17, 15) is 0 Å². The third-order valence-electron chi connectivity index (χ3n) is 3.33. The number of aryl methyl sites for hydroxylation is 1. The Labute approximate surface area is 233 Å². The molecule has 28 heavy (non-hydrogen) atoms. The van der Waals surface area contributed by atoms with Gasteiger partial charge in [-0.1, -0.05) is 35.9 Å². The molecular formula is C17H35BrI4N5V. The first-order valence-electron chi connectivity index (χ1n) is 8.79. The number of nitrogens with one attached hydrogen (secondary N) is 2. The first kappa shape index (κ1) is 35.6. The van der Waals surface area contributed by atoms with Gasteiger partial charge >= 0.3 is 64.9 Å². The molecule has 0 atom stereocenters. The number of hydrazine groups is 2. The van der Waals surface area contributed by atoms with Crippen molar-refractivity contribution in [3.05, 3.63) is 28.5 Å². The van der Waals surface area contributed by atoms with Crippen molar-refractivity contribution in [1.82, 2.24) is 25.9 Å². The van der Waals surface area contributed by atoms with Crippen LogP contribution < -0.4 is 10.9 Å². The van der Waals surface area contributed by atoms with Gasteiger partial charge < -0.3 is 0 Å². The first-order valence-corrected chi connectivity index (χ1v) is 25.3. The molecular weight excluding hydrogens is 913 g/mol. The van der Waals surface area contributed by atoms with E-state index >= 15 is 0 Å². The van der Waals surface area contributed by atoms with E-state index in [2.05, 4.69) is 144 Å². The van der Waals surface area contributed by atoms with Gasteiger partial charge in [-0.2, -0.15) is 0 Å². The molecule has 0 radical (unpaired) electrons. The Hall–Kier alpha value is 2.97. The molecule has 168 valence electrons. The molecule has 0 spiro atoms. The minimum atomic E-state index is -0.278. The van der Waals surface area contributed by atoms with Gasteiger partial charge in [0.2, 0.25) is 0 Å². The molecule has 1 rings (SSSR count). The minimum absolute atomic E-state index is 0.278. The second-order valence-corrected chi connectivity index (χ2v) is 41.7. The predicted molar refractivity (Wildman–Crippen MR) is 161 cm³/mol. The fourth-order valence-electron chi connectivity index (χ4n) is 1.67. The molecule has 5 nitrogen and oxygen atoms in total. The molecule has 1 heterocycles. The summed E-state index contributed by atoms with van der Waals surface area (Å²) in [5.41, 5.74) is 7.25. The number of aromatic nitrogens is 1. The van der Waals surface area contributed by atoms with Crippen molar-refractivity contribution in [3.63, 3.8) is 0 Å². The van der Waals surface area contributed by atoms with Crippen LogP contribution in [0.5, 0.6) is 0 Å². The predicted octanol–water partition coefficient (Wildman–Crippen LogP) is 6.40. The van der Waals surface area contributed by atoms with E-state index in [1.807, 2.05) is 38.3 Å². The van der Waals surface area contributed by atoms with Gasteiger partial charge in [-0.05, 0) is 66.4 Å². The zero-order chi connectivity index (χ0) is 22.4. The number of hydrogen-bond donors (Lipinski definition) is 2. The summed E-state index contributed by atoms with van der Waals surface area (Å²) in [6.45, 7) is 4.38. The SMILES string of the molecule is CCCCN(C)NC.CI.CNN(C)CCCc1ccc(Br)cn1.[I][V]([I])[I]. The van der Waals surface area contributed by atoms with Gasteiger partial charge in [0.25, 0.3) is 0 Å². The zero-order valence-corrected chi connectivity index (χ0v) is 29.3. The Morgan fingerprint density at radius 3 is 1.82 bits per heavy atom. The van der Waals surface area contributed by atoms with E-state index in [1.54, 1.807) is 0 Å². The van der Waals surface area contributed by atoms with Crippen molar-refractivity contribution < 1.29 is 4.92 Å². The Balaban J connectivity index is -0.000000378. The first-order chi connectivity index (χ1) is 13.3. The summed E-state index contributed by atoms with van der Waals surface area (Å²) < 4.78 is 1.04. The van der Waals surface area contributed by atoms with Crippen molar-refractivity contribution in [2.45, 2.75) is 32.6 Å². The fourth-order valence-corrected chi connectivity index (χ4v) is 1.91. The molecule has 1 aromatic heterocycles. The number of halogens is 5. The van der Waals surface area contributed by atoms with Gasteiger partial charge in [-0.3, -0.25) is 15.8 Å². The van der Waals surface area contributed by atoms with Crippen LogP contribution in [-0.2, 0) is 11.3 Å². The summed E-state index contributed by atoms with van der Waals surface area (Å²) in [5, 5.41) is 4.16. The Kier molecular flexibility index (Phi) is 35.6. The van der Waals surface area contributed by atoms with Crippen LogP contribution in [0.2, 0.25) is 0 Å². The van der Waals surface area contributed by atoms with E-state index in [-0.39, 0.29) is 4.92 Å². The van der Waals surface area contributed by atoms with Crippen molar-refractivity contribution >= 4 is 98.5 Å². The molecule has 0 amide bonds. The van der Waals surface area contributed by atoms with E-state index in [4.69, 9.17) is 0 Å². The van der Waals surface area contributed by atoms with E-state index < -0.39 is 0 Å². The van der Waals surface area contributed by atoms with Crippen molar-refractivity contribution in [3.8, 4) is 0 Å². The number of nitrogens with zero attached hydrogens (tertiary/aromatic N) is 3. The van der Waals surface area contributed by atoms with Gasteiger partial charge in [-0.15, -0.1) is 0 Å². The number of pyridine rings is 1. The average molecular weight is 948 g/mol. The quantitative estimate of drug-likeness (QED) is 0.171. The topological polar surface area (TPSA) is 43.4 Å². The molecule has 0 aliphatic carbocycles. The molecule has 0 aliphatic rings. The van der Waals surface area contributed by atoms with Crippen molar-refractivity contribution in [2.24, 2.45) is 0 Å². The summed E-state index contributed by atoms with van der Waals surface area (Å²) in [4.78, 5) is 6.01. The number of hydrogen-bond acceptors (Lipinski definition) is 5. The molecule has 0 saturated heterocycles. The standard InChI is InChI=1S/C10H16BrN3.C6H16N2.CH3I.3HI.V/c1-12-14(2)7-3-4-10-6-5-9(11)8-13-10;1-4-5-6-8(3)7-2;1-2;;;;/h5-6,8,12H,3-4,7H2,1-2H3;7H,4-6H2,1-3H3;1H3;3*1H;/q;;;;;;+3/p-3. The van der Waals surface area contributed by atoms with Gasteiger partial charge in [0.15, 0.2) is 0 Å². The summed E-state index contributed by atoms with van der Waals surface area (Å²) in [6.07, 6.45) is 6.53. The van der Waals surface area contributed by atoms with Crippen LogP contribution in [0, 0.1) is 0 Å². The summed E-state index contributed by atoms with van der Waals surface area (Å²) >= 11 is 12.9. The van der Waals surface area contributed by atoms with Crippen molar-refractivity contribution in [1.29, 1.82) is 0 Å². The summed E-state index contributed by atoms with van der Waals surface area (Å²) in [7, 11) is 7.96. The molecule has 0 aliphatic heterocycles. The third kappa shape index (κ3) is 31.2. The van der Waals surface area contributed by atoms with Crippen LogP contribution >= 0.6 is 98.5 Å². The maximum absolute atomic E-state index is 4.32. The number of rotatable bonds is 9. The maximum atomic E-state index is 4.32. The zero-order valence-electron chi connectivity index (χ0n) is 17.7. The van der Waals surface area contributed by atoms with Crippen LogP contribution in [0.25, 0.3) is 0 Å². The van der Waals surface area contributed by atoms with Gasteiger partial charge in [0, 0.05) is 43.5 Å². The van der Waals surface area contributed by atoms with Crippen LogP contribution in [-0.4, -0.2) is 61.2 Å². The second kappa shape index (κ2) is 28.0. The summed E-state index contributed by atoms with van der Waals surface area (Å²) in [5.74, 6) is 0. The third-order valence-corrected chi connectivity index (χ3v) is 3.79. The fraction of sp³-hybridized carbons (Fsp3) is 0.706. The monoisotopic (exact) mass is 947 g/mol. The molecule has 2 N–H and O–H groups in total. The molecule has 0 saturated carbocycles. The Morgan fingerprint density at radius 1 is 1.00 bits per heavy atom. The van der Waals surface area contributed by atoms with Crippen LogP contribution in [0.1, 0.15) is 31.9 Å². The number of alkyl halides is 1.